The molecule has 1 aromatic carbocycles. The quantitative estimate of drug-likeness (QED) is 0.116. The highest BCUT2D eigenvalue weighted by Crippen LogP contribution is 2.12. The molecule has 0 spiro atoms. The van der Waals surface area contributed by atoms with Gasteiger partial charge in [0.2, 0.25) is 17.7 Å². The minimum Gasteiger partial charge on any atom is -0.392 e. The van der Waals surface area contributed by atoms with Gasteiger partial charge < -0.3 is 32.1 Å². The van der Waals surface area contributed by atoms with E-state index in [1.807, 2.05) is 0 Å². The van der Waals surface area contributed by atoms with Crippen LogP contribution in [0.5, 0.6) is 0 Å². The van der Waals surface area contributed by atoms with Crippen LogP contribution in [0, 0.1) is 5.92 Å². The van der Waals surface area contributed by atoms with Crippen molar-refractivity contribution in [3.63, 3.8) is 0 Å². The first-order valence-electron chi connectivity index (χ1n) is 13.7. The topological polar surface area (TPSA) is 200 Å². The molecule has 13 nitrogen and oxygen atoms in total. The molecule has 0 aliphatic carbocycles. The average molecular weight is 573 g/mol. The molecule has 1 aliphatic heterocycles. The van der Waals surface area contributed by atoms with Crippen molar-refractivity contribution in [2.45, 2.75) is 71.1 Å². The molecule has 41 heavy (non-hydrogen) atoms. The number of primary amides is 1. The fraction of sp³-hybridized carbons (Fsp3) is 0.500. The van der Waals surface area contributed by atoms with Crippen LogP contribution in [0.4, 0.5) is 10.5 Å². The van der Waals surface area contributed by atoms with Crippen LogP contribution in [0.15, 0.2) is 36.4 Å². The molecule has 0 radical (unpaired) electrons. The maximum Gasteiger partial charge on any atom is 0.312 e. The van der Waals surface area contributed by atoms with Crippen LogP contribution in [0.3, 0.4) is 0 Å². The predicted octanol–water partition coefficient (Wildman–Crippen LogP) is 0.677. The van der Waals surface area contributed by atoms with Crippen molar-refractivity contribution in [2.24, 2.45) is 11.7 Å². The van der Waals surface area contributed by atoms with Gasteiger partial charge in [0, 0.05) is 37.3 Å². The van der Waals surface area contributed by atoms with Gasteiger partial charge in [0.1, 0.15) is 12.1 Å². The molecule has 0 saturated heterocycles. The van der Waals surface area contributed by atoms with Crippen molar-refractivity contribution >= 4 is 41.3 Å². The summed E-state index contributed by atoms with van der Waals surface area (Å²) in [4.78, 5) is 74.2. The fourth-order valence-corrected chi connectivity index (χ4v) is 4.14. The zero-order chi connectivity index (χ0) is 30.4. The van der Waals surface area contributed by atoms with Gasteiger partial charge in [0.25, 0.3) is 11.8 Å². The van der Waals surface area contributed by atoms with E-state index in [1.54, 1.807) is 38.1 Å². The van der Waals surface area contributed by atoms with Crippen LogP contribution in [-0.4, -0.2) is 70.7 Å². The van der Waals surface area contributed by atoms with Crippen molar-refractivity contribution in [3.05, 3.63) is 42.0 Å². The zero-order valence-corrected chi connectivity index (χ0v) is 23.5. The molecule has 0 unspecified atom stereocenters. The molecule has 0 aromatic heterocycles. The summed E-state index contributed by atoms with van der Waals surface area (Å²) in [7, 11) is 0. The van der Waals surface area contributed by atoms with Crippen LogP contribution in [0.2, 0.25) is 0 Å². The highest BCUT2D eigenvalue weighted by atomic mass is 16.3. The third kappa shape index (κ3) is 11.4. The molecule has 7 amide bonds. The van der Waals surface area contributed by atoms with E-state index in [4.69, 9.17) is 5.73 Å². The van der Waals surface area contributed by atoms with Crippen LogP contribution in [0.25, 0.3) is 0 Å². The Hall–Kier alpha value is -4.26. The Labute approximate surface area is 239 Å². The summed E-state index contributed by atoms with van der Waals surface area (Å²) in [6, 6.07) is 4.03. The molecule has 224 valence electrons. The minimum atomic E-state index is -0.960. The van der Waals surface area contributed by atoms with Crippen molar-refractivity contribution in [1.29, 1.82) is 0 Å². The SMILES string of the molecule is CC(C)[C@H](NC(=O)CCCCCN1C(=O)C=CC1=O)C(=O)N[C@H](CCCNC(N)=O)C(=O)Nc1ccc(CO)cc1. The predicted molar refractivity (Wildman–Crippen MR) is 151 cm³/mol. The lowest BCUT2D eigenvalue weighted by Gasteiger charge is -2.25. The van der Waals surface area contributed by atoms with Crippen LogP contribution < -0.4 is 27.0 Å². The van der Waals surface area contributed by atoms with Gasteiger partial charge in [0.05, 0.1) is 6.61 Å². The second-order valence-electron chi connectivity index (χ2n) is 10.1. The smallest absolute Gasteiger partial charge is 0.312 e. The first-order valence-corrected chi connectivity index (χ1v) is 13.7. The number of aliphatic hydroxyl groups is 1. The number of aliphatic hydroxyl groups excluding tert-OH is 1. The first kappa shape index (κ1) is 32.9. The minimum absolute atomic E-state index is 0.138. The highest BCUT2D eigenvalue weighted by Gasteiger charge is 2.29. The number of carbonyl (C=O) groups excluding carboxylic acids is 6. The Morgan fingerprint density at radius 2 is 1.56 bits per heavy atom. The third-order valence-electron chi connectivity index (χ3n) is 6.46. The number of amides is 7. The molecular formula is C28H40N6O7. The number of hydrogen-bond donors (Lipinski definition) is 6. The van der Waals surface area contributed by atoms with Crippen LogP contribution >= 0.6 is 0 Å². The highest BCUT2D eigenvalue weighted by molar-refractivity contribution is 6.12. The molecule has 0 fully saturated rings. The molecule has 0 bridgehead atoms. The number of nitrogens with zero attached hydrogens (tertiary/aromatic N) is 1. The average Bonchev–Trinajstić information content (AvgIpc) is 3.25. The summed E-state index contributed by atoms with van der Waals surface area (Å²) in [6.45, 7) is 3.91. The molecule has 0 saturated carbocycles. The lowest BCUT2D eigenvalue weighted by molar-refractivity contribution is -0.137. The monoisotopic (exact) mass is 572 g/mol. The summed E-state index contributed by atoms with van der Waals surface area (Å²) in [5, 5.41) is 19.9. The summed E-state index contributed by atoms with van der Waals surface area (Å²) >= 11 is 0. The number of hydrogen-bond acceptors (Lipinski definition) is 7. The van der Waals surface area contributed by atoms with E-state index in [9.17, 15) is 33.9 Å². The lowest BCUT2D eigenvalue weighted by Crippen LogP contribution is -2.54. The second kappa shape index (κ2) is 16.8. The fourth-order valence-electron chi connectivity index (χ4n) is 4.14. The third-order valence-corrected chi connectivity index (χ3v) is 6.46. The van der Waals surface area contributed by atoms with Gasteiger partial charge in [-0.25, -0.2) is 4.79 Å². The van der Waals surface area contributed by atoms with Crippen molar-refractivity contribution < 1.29 is 33.9 Å². The van der Waals surface area contributed by atoms with Gasteiger partial charge in [-0.3, -0.25) is 28.9 Å². The van der Waals surface area contributed by atoms with Gasteiger partial charge in [-0.2, -0.15) is 0 Å². The van der Waals surface area contributed by atoms with E-state index >= 15 is 0 Å². The Bertz CT molecular complexity index is 1100. The van der Waals surface area contributed by atoms with Gasteiger partial charge >= 0.3 is 6.03 Å². The second-order valence-corrected chi connectivity index (χ2v) is 10.1. The lowest BCUT2D eigenvalue weighted by atomic mass is 10.0. The largest absolute Gasteiger partial charge is 0.392 e. The van der Waals surface area contributed by atoms with E-state index in [1.165, 1.54) is 12.2 Å². The van der Waals surface area contributed by atoms with E-state index in [0.29, 0.717) is 36.9 Å². The number of imide groups is 1. The number of nitrogens with one attached hydrogen (secondary N) is 4. The number of urea groups is 1. The number of carbonyl (C=O) groups is 6. The van der Waals surface area contributed by atoms with Crippen molar-refractivity contribution in [3.8, 4) is 0 Å². The number of anilines is 1. The summed E-state index contributed by atoms with van der Waals surface area (Å²) < 4.78 is 0. The molecular weight excluding hydrogens is 532 g/mol. The van der Waals surface area contributed by atoms with E-state index < -0.39 is 29.9 Å². The number of nitrogens with two attached hydrogens (primary N) is 1. The molecule has 13 heteroatoms. The van der Waals surface area contributed by atoms with Crippen molar-refractivity contribution in [1.82, 2.24) is 20.9 Å². The van der Waals surface area contributed by atoms with Gasteiger partial charge in [-0.15, -0.1) is 0 Å². The number of unbranched alkanes of at least 4 members (excludes halogenated alkanes) is 2. The first-order chi connectivity index (χ1) is 19.5. The van der Waals surface area contributed by atoms with Crippen LogP contribution in [-0.2, 0) is 30.6 Å². The van der Waals surface area contributed by atoms with E-state index in [2.05, 4.69) is 21.3 Å². The van der Waals surface area contributed by atoms with E-state index in [-0.39, 0.29) is 56.2 Å². The standard InChI is InChI=1S/C28H40N6O7/c1-18(2)25(33-22(36)8-4-3-5-16-34-23(37)13-14-24(34)38)27(40)32-21(7-6-15-30-28(29)41)26(39)31-20-11-9-19(17-35)10-12-20/h9-14,18,21,25,35H,3-8,15-17H2,1-2H3,(H,31,39)(H,32,40)(H,33,36)(H3,29,30,41)/t21-,25+/m1/s1. The molecule has 1 aliphatic rings. The maximum absolute atomic E-state index is 13.2. The molecule has 7 N–H and O–H groups in total. The van der Waals surface area contributed by atoms with Gasteiger partial charge in [-0.05, 0) is 49.3 Å². The Morgan fingerprint density at radius 3 is 2.15 bits per heavy atom. The summed E-state index contributed by atoms with van der Waals surface area (Å²) in [5.74, 6) is -2.28. The summed E-state index contributed by atoms with van der Waals surface area (Å²) in [5.41, 5.74) is 6.25. The Balaban J connectivity index is 1.92. The normalized spacial score (nSPS) is 14.1. The van der Waals surface area contributed by atoms with Gasteiger partial charge in [-0.1, -0.05) is 32.4 Å². The number of benzene rings is 1. The molecule has 2 atom stereocenters. The van der Waals surface area contributed by atoms with Gasteiger partial charge in [0.15, 0.2) is 0 Å². The number of rotatable bonds is 17. The Kier molecular flexibility index (Phi) is 13.5. The van der Waals surface area contributed by atoms with E-state index in [0.717, 1.165) is 4.90 Å². The zero-order valence-electron chi connectivity index (χ0n) is 23.5. The van der Waals surface area contributed by atoms with Crippen molar-refractivity contribution in [2.75, 3.05) is 18.4 Å². The maximum atomic E-state index is 13.2. The Morgan fingerprint density at radius 1 is 0.902 bits per heavy atom. The molecule has 2 rings (SSSR count). The molecule has 1 aromatic rings. The van der Waals surface area contributed by atoms with Crippen LogP contribution in [0.1, 0.15) is 57.9 Å². The molecule has 1 heterocycles. The summed E-state index contributed by atoms with van der Waals surface area (Å²) in [6.07, 6.45) is 4.85.